The van der Waals surface area contributed by atoms with Crippen molar-refractivity contribution in [1.82, 2.24) is 10.2 Å². The average Bonchev–Trinajstić information content (AvgIpc) is 2.82. The number of hydrogen-bond donors (Lipinski definition) is 2. The van der Waals surface area contributed by atoms with E-state index in [1.165, 1.54) is 16.7 Å². The second kappa shape index (κ2) is 4.82. The van der Waals surface area contributed by atoms with Crippen LogP contribution in [0.4, 0.5) is 0 Å². The summed E-state index contributed by atoms with van der Waals surface area (Å²) in [5, 5.41) is 7.04. The van der Waals surface area contributed by atoms with Crippen molar-refractivity contribution >= 4 is 0 Å². The van der Waals surface area contributed by atoms with Crippen molar-refractivity contribution in [3.8, 4) is 16.9 Å². The number of aromatic amines is 1. The molecule has 0 radical (unpaired) electrons. The zero-order valence-electron chi connectivity index (χ0n) is 11.3. The quantitative estimate of drug-likeness (QED) is 0.873. The van der Waals surface area contributed by atoms with Gasteiger partial charge in [0, 0.05) is 12.1 Å². The molecule has 18 heavy (non-hydrogen) atoms. The molecular formula is C14H19N3O. The number of nitrogens with one attached hydrogen (secondary N) is 1. The smallest absolute Gasteiger partial charge is 0.122 e. The number of nitrogens with zero attached hydrogens (tertiary/aromatic N) is 1. The van der Waals surface area contributed by atoms with Gasteiger partial charge in [-0.2, -0.15) is 5.10 Å². The number of rotatable bonds is 3. The number of methoxy groups -OCH3 is 1. The molecule has 0 amide bonds. The van der Waals surface area contributed by atoms with Gasteiger partial charge in [0.05, 0.1) is 19.0 Å². The highest BCUT2D eigenvalue weighted by molar-refractivity contribution is 5.75. The molecule has 0 aliphatic heterocycles. The van der Waals surface area contributed by atoms with Gasteiger partial charge in [-0.05, 0) is 49.1 Å². The number of ether oxygens (including phenoxy) is 1. The standard InChI is InChI=1S/C14H19N3O/c1-8-5-13(18-4)9(2)10(3)14(8)11-7-16-17-12(11)6-15/h5,7H,6,15H2,1-4H3,(H,16,17). The van der Waals surface area contributed by atoms with Gasteiger partial charge in [0.1, 0.15) is 5.75 Å². The van der Waals surface area contributed by atoms with Crippen LogP contribution in [-0.2, 0) is 6.54 Å². The highest BCUT2D eigenvalue weighted by Crippen LogP contribution is 2.35. The van der Waals surface area contributed by atoms with Gasteiger partial charge in [0.25, 0.3) is 0 Å². The monoisotopic (exact) mass is 245 g/mol. The SMILES string of the molecule is COc1cc(C)c(-c2cn[nH]c2CN)c(C)c1C. The highest BCUT2D eigenvalue weighted by Gasteiger charge is 2.15. The van der Waals surface area contributed by atoms with E-state index in [0.717, 1.165) is 22.6 Å². The lowest BCUT2D eigenvalue weighted by atomic mass is 9.92. The maximum absolute atomic E-state index is 5.73. The summed E-state index contributed by atoms with van der Waals surface area (Å²) in [4.78, 5) is 0. The molecule has 96 valence electrons. The second-order valence-corrected chi connectivity index (χ2v) is 4.49. The first-order valence-electron chi connectivity index (χ1n) is 5.97. The van der Waals surface area contributed by atoms with Gasteiger partial charge in [0.2, 0.25) is 0 Å². The maximum Gasteiger partial charge on any atom is 0.122 e. The van der Waals surface area contributed by atoms with Crippen LogP contribution >= 0.6 is 0 Å². The Hall–Kier alpha value is -1.81. The van der Waals surface area contributed by atoms with E-state index in [4.69, 9.17) is 10.5 Å². The summed E-state index contributed by atoms with van der Waals surface area (Å²) < 4.78 is 5.39. The molecule has 0 aliphatic carbocycles. The van der Waals surface area contributed by atoms with Crippen molar-refractivity contribution in [3.63, 3.8) is 0 Å². The van der Waals surface area contributed by atoms with E-state index < -0.39 is 0 Å². The van der Waals surface area contributed by atoms with Crippen LogP contribution in [0.25, 0.3) is 11.1 Å². The van der Waals surface area contributed by atoms with Gasteiger partial charge in [-0.25, -0.2) is 0 Å². The molecule has 0 saturated carbocycles. The van der Waals surface area contributed by atoms with Crippen LogP contribution in [0.15, 0.2) is 12.3 Å². The Labute approximate surface area is 107 Å². The predicted molar refractivity (Wildman–Crippen MR) is 72.7 cm³/mol. The molecule has 0 saturated heterocycles. The maximum atomic E-state index is 5.73. The molecule has 4 nitrogen and oxygen atoms in total. The molecule has 3 N–H and O–H groups in total. The van der Waals surface area contributed by atoms with Crippen LogP contribution in [0.2, 0.25) is 0 Å². The van der Waals surface area contributed by atoms with Gasteiger partial charge in [-0.15, -0.1) is 0 Å². The fourth-order valence-electron chi connectivity index (χ4n) is 2.36. The predicted octanol–water partition coefficient (Wildman–Crippen LogP) is 2.47. The Morgan fingerprint density at radius 2 is 2.00 bits per heavy atom. The minimum atomic E-state index is 0.458. The van der Waals surface area contributed by atoms with Crippen LogP contribution in [-0.4, -0.2) is 17.3 Å². The van der Waals surface area contributed by atoms with Crippen molar-refractivity contribution in [2.75, 3.05) is 7.11 Å². The van der Waals surface area contributed by atoms with E-state index in [0.29, 0.717) is 6.54 Å². The van der Waals surface area contributed by atoms with Crippen molar-refractivity contribution in [2.45, 2.75) is 27.3 Å². The molecule has 2 aromatic rings. The Kier molecular flexibility index (Phi) is 3.39. The van der Waals surface area contributed by atoms with E-state index >= 15 is 0 Å². The largest absolute Gasteiger partial charge is 0.496 e. The number of H-pyrrole nitrogens is 1. The van der Waals surface area contributed by atoms with E-state index in [2.05, 4.69) is 37.0 Å². The first kappa shape index (κ1) is 12.6. The molecule has 0 spiro atoms. The third-order valence-electron chi connectivity index (χ3n) is 3.46. The van der Waals surface area contributed by atoms with Crippen molar-refractivity contribution < 1.29 is 4.74 Å². The van der Waals surface area contributed by atoms with Crippen LogP contribution in [0.1, 0.15) is 22.4 Å². The number of nitrogens with two attached hydrogens (primary N) is 1. The van der Waals surface area contributed by atoms with E-state index in [1.807, 2.05) is 6.20 Å². The van der Waals surface area contributed by atoms with Gasteiger partial charge in [0.15, 0.2) is 0 Å². The Balaban J connectivity index is 2.69. The molecule has 4 heteroatoms. The first-order valence-corrected chi connectivity index (χ1v) is 5.97. The third-order valence-corrected chi connectivity index (χ3v) is 3.46. The first-order chi connectivity index (χ1) is 8.60. The zero-order valence-corrected chi connectivity index (χ0v) is 11.3. The summed E-state index contributed by atoms with van der Waals surface area (Å²) in [6.45, 7) is 6.71. The minimum absolute atomic E-state index is 0.458. The summed E-state index contributed by atoms with van der Waals surface area (Å²) >= 11 is 0. The Morgan fingerprint density at radius 3 is 2.61 bits per heavy atom. The topological polar surface area (TPSA) is 63.9 Å². The Morgan fingerprint density at radius 1 is 1.28 bits per heavy atom. The van der Waals surface area contributed by atoms with Crippen molar-refractivity contribution in [1.29, 1.82) is 0 Å². The molecule has 1 aromatic heterocycles. The average molecular weight is 245 g/mol. The molecule has 0 aliphatic rings. The summed E-state index contributed by atoms with van der Waals surface area (Å²) in [6, 6.07) is 2.06. The van der Waals surface area contributed by atoms with E-state index in [-0.39, 0.29) is 0 Å². The zero-order chi connectivity index (χ0) is 13.3. The summed E-state index contributed by atoms with van der Waals surface area (Å²) in [7, 11) is 1.70. The lowest BCUT2D eigenvalue weighted by Crippen LogP contribution is -2.01. The number of aromatic nitrogens is 2. The van der Waals surface area contributed by atoms with Crippen LogP contribution < -0.4 is 10.5 Å². The van der Waals surface area contributed by atoms with Crippen LogP contribution in [0.5, 0.6) is 5.75 Å². The highest BCUT2D eigenvalue weighted by atomic mass is 16.5. The number of hydrogen-bond acceptors (Lipinski definition) is 3. The van der Waals surface area contributed by atoms with E-state index in [1.54, 1.807) is 7.11 Å². The minimum Gasteiger partial charge on any atom is -0.496 e. The fourth-order valence-corrected chi connectivity index (χ4v) is 2.36. The molecule has 0 atom stereocenters. The molecule has 2 rings (SSSR count). The second-order valence-electron chi connectivity index (χ2n) is 4.49. The lowest BCUT2D eigenvalue weighted by Gasteiger charge is -2.16. The molecule has 0 fully saturated rings. The van der Waals surface area contributed by atoms with Gasteiger partial charge >= 0.3 is 0 Å². The normalized spacial score (nSPS) is 10.7. The third kappa shape index (κ3) is 1.88. The summed E-state index contributed by atoms with van der Waals surface area (Å²) in [5.41, 5.74) is 12.5. The summed E-state index contributed by atoms with van der Waals surface area (Å²) in [5.74, 6) is 0.923. The van der Waals surface area contributed by atoms with Crippen molar-refractivity contribution in [3.05, 3.63) is 34.6 Å². The molecule has 1 heterocycles. The van der Waals surface area contributed by atoms with Gasteiger partial charge in [-0.3, -0.25) is 5.10 Å². The number of aryl methyl sites for hydroxylation is 1. The number of benzene rings is 1. The van der Waals surface area contributed by atoms with Gasteiger partial charge in [-0.1, -0.05) is 0 Å². The lowest BCUT2D eigenvalue weighted by molar-refractivity contribution is 0.411. The van der Waals surface area contributed by atoms with Crippen LogP contribution in [0, 0.1) is 20.8 Å². The molecule has 0 unspecified atom stereocenters. The van der Waals surface area contributed by atoms with E-state index in [9.17, 15) is 0 Å². The van der Waals surface area contributed by atoms with Gasteiger partial charge < -0.3 is 10.5 Å². The van der Waals surface area contributed by atoms with Crippen molar-refractivity contribution in [2.24, 2.45) is 5.73 Å². The molecule has 0 bridgehead atoms. The Bertz CT molecular complexity index is 573. The summed E-state index contributed by atoms with van der Waals surface area (Å²) in [6.07, 6.45) is 1.84. The van der Waals surface area contributed by atoms with Crippen LogP contribution in [0.3, 0.4) is 0 Å². The molecule has 1 aromatic carbocycles. The molecular weight excluding hydrogens is 226 g/mol. The fraction of sp³-hybridized carbons (Fsp3) is 0.357.